The van der Waals surface area contributed by atoms with Gasteiger partial charge in [0.2, 0.25) is 0 Å². The van der Waals surface area contributed by atoms with Crippen LogP contribution >= 0.6 is 0 Å². The minimum atomic E-state index is -0.220. The second-order valence-electron chi connectivity index (χ2n) is 4.12. The monoisotopic (exact) mass is 260 g/mol. The van der Waals surface area contributed by atoms with E-state index in [1.54, 1.807) is 36.3 Å². The van der Waals surface area contributed by atoms with E-state index in [-0.39, 0.29) is 5.91 Å². The number of amides is 1. The van der Waals surface area contributed by atoms with Gasteiger partial charge in [0, 0.05) is 25.0 Å². The number of pyridine rings is 1. The third-order valence-corrected chi connectivity index (χ3v) is 2.59. The van der Waals surface area contributed by atoms with Crippen molar-refractivity contribution >= 4 is 5.91 Å². The summed E-state index contributed by atoms with van der Waals surface area (Å²) in [5.74, 6) is 0.394. The zero-order valence-corrected chi connectivity index (χ0v) is 11.0. The van der Waals surface area contributed by atoms with Crippen LogP contribution in [0.4, 0.5) is 0 Å². The van der Waals surface area contributed by atoms with E-state index < -0.39 is 0 Å². The highest BCUT2D eigenvalue weighted by molar-refractivity contribution is 5.92. The number of nitrogens with zero attached hydrogens (tertiary/aromatic N) is 3. The number of ether oxygens (including phenoxy) is 1. The second kappa shape index (κ2) is 5.99. The maximum absolute atomic E-state index is 11.8. The molecule has 0 radical (unpaired) electrons. The largest absolute Gasteiger partial charge is 0.497 e. The van der Waals surface area contributed by atoms with Crippen LogP contribution in [-0.4, -0.2) is 34.3 Å². The lowest BCUT2D eigenvalue weighted by Gasteiger charge is -2.06. The van der Waals surface area contributed by atoms with Crippen molar-refractivity contribution in [1.29, 1.82) is 0 Å². The quantitative estimate of drug-likeness (QED) is 0.871. The van der Waals surface area contributed by atoms with Crippen molar-refractivity contribution in [2.45, 2.75) is 13.5 Å². The first-order valence-electron chi connectivity index (χ1n) is 5.96. The maximum Gasteiger partial charge on any atom is 0.270 e. The lowest BCUT2D eigenvalue weighted by atomic mass is 10.3. The highest BCUT2D eigenvalue weighted by Crippen LogP contribution is 2.09. The highest BCUT2D eigenvalue weighted by Gasteiger charge is 2.07. The predicted octanol–water partition coefficient (Wildman–Crippen LogP) is 1.03. The minimum absolute atomic E-state index is 0.220. The number of carbonyl (C=O) groups excluding carboxylic acids is 1. The third kappa shape index (κ3) is 3.54. The van der Waals surface area contributed by atoms with E-state index in [2.05, 4.69) is 15.4 Å². The van der Waals surface area contributed by atoms with Crippen LogP contribution in [0.3, 0.4) is 0 Å². The third-order valence-electron chi connectivity index (χ3n) is 2.59. The standard InChI is InChI=1S/C13H16N4O2/c1-10-8-16-17(9-10)6-5-15-13(18)12-7-11(19-2)3-4-14-12/h3-4,7-9H,5-6H2,1-2H3,(H,15,18). The van der Waals surface area contributed by atoms with E-state index in [0.717, 1.165) is 5.56 Å². The Hall–Kier alpha value is -2.37. The van der Waals surface area contributed by atoms with Crippen molar-refractivity contribution in [3.8, 4) is 5.75 Å². The molecule has 0 saturated carbocycles. The minimum Gasteiger partial charge on any atom is -0.497 e. The number of carbonyl (C=O) groups is 1. The fraction of sp³-hybridized carbons (Fsp3) is 0.308. The molecule has 0 unspecified atom stereocenters. The van der Waals surface area contributed by atoms with Gasteiger partial charge in [0.15, 0.2) is 0 Å². The van der Waals surface area contributed by atoms with Gasteiger partial charge in [-0.3, -0.25) is 14.5 Å². The Kier molecular flexibility index (Phi) is 4.12. The molecule has 6 heteroatoms. The average Bonchev–Trinajstić information content (AvgIpc) is 2.84. The Bertz CT molecular complexity index is 565. The molecule has 0 aromatic carbocycles. The van der Waals surface area contributed by atoms with Gasteiger partial charge in [-0.05, 0) is 18.6 Å². The van der Waals surface area contributed by atoms with Crippen molar-refractivity contribution in [1.82, 2.24) is 20.1 Å². The molecule has 0 aliphatic rings. The molecule has 1 N–H and O–H groups in total. The van der Waals surface area contributed by atoms with Crippen LogP contribution in [0.5, 0.6) is 5.75 Å². The topological polar surface area (TPSA) is 69.0 Å². The summed E-state index contributed by atoms with van der Waals surface area (Å²) in [5, 5.41) is 6.93. The summed E-state index contributed by atoms with van der Waals surface area (Å²) in [6.45, 7) is 3.10. The van der Waals surface area contributed by atoms with Crippen molar-refractivity contribution in [3.63, 3.8) is 0 Å². The molecule has 19 heavy (non-hydrogen) atoms. The molecule has 0 spiro atoms. The van der Waals surface area contributed by atoms with Crippen molar-refractivity contribution in [2.24, 2.45) is 0 Å². The fourth-order valence-corrected chi connectivity index (χ4v) is 1.63. The van der Waals surface area contributed by atoms with E-state index in [9.17, 15) is 4.79 Å². The number of methoxy groups -OCH3 is 1. The molecule has 0 atom stereocenters. The van der Waals surface area contributed by atoms with Crippen LogP contribution in [-0.2, 0) is 6.54 Å². The molecule has 0 aliphatic heterocycles. The highest BCUT2D eigenvalue weighted by atomic mass is 16.5. The number of aromatic nitrogens is 3. The normalized spacial score (nSPS) is 10.2. The van der Waals surface area contributed by atoms with Crippen LogP contribution in [0.25, 0.3) is 0 Å². The van der Waals surface area contributed by atoms with Gasteiger partial charge in [0.05, 0.1) is 19.9 Å². The molecule has 0 saturated heterocycles. The summed E-state index contributed by atoms with van der Waals surface area (Å²) < 4.78 is 6.83. The summed E-state index contributed by atoms with van der Waals surface area (Å²) in [6, 6.07) is 3.30. The number of nitrogens with one attached hydrogen (secondary N) is 1. The van der Waals surface area contributed by atoms with E-state index >= 15 is 0 Å². The molecule has 2 heterocycles. The molecule has 0 bridgehead atoms. The molecule has 2 aromatic rings. The number of rotatable bonds is 5. The van der Waals surface area contributed by atoms with Gasteiger partial charge in [-0.15, -0.1) is 0 Å². The Morgan fingerprint density at radius 2 is 2.37 bits per heavy atom. The van der Waals surface area contributed by atoms with E-state index in [1.165, 1.54) is 0 Å². The molecular formula is C13H16N4O2. The summed E-state index contributed by atoms with van der Waals surface area (Å²) in [5.41, 5.74) is 1.44. The molecule has 2 aromatic heterocycles. The fourth-order valence-electron chi connectivity index (χ4n) is 1.63. The van der Waals surface area contributed by atoms with Gasteiger partial charge in [0.25, 0.3) is 5.91 Å². The summed E-state index contributed by atoms with van der Waals surface area (Å²) in [6.07, 6.45) is 5.26. The van der Waals surface area contributed by atoms with Crippen molar-refractivity contribution < 1.29 is 9.53 Å². The zero-order valence-electron chi connectivity index (χ0n) is 11.0. The second-order valence-corrected chi connectivity index (χ2v) is 4.12. The molecule has 1 amide bonds. The van der Waals surface area contributed by atoms with Crippen LogP contribution in [0.2, 0.25) is 0 Å². The molecule has 0 fully saturated rings. The maximum atomic E-state index is 11.8. The Morgan fingerprint density at radius 3 is 3.05 bits per heavy atom. The van der Waals surface area contributed by atoms with Crippen LogP contribution in [0, 0.1) is 6.92 Å². The molecule has 0 aliphatic carbocycles. The summed E-state index contributed by atoms with van der Waals surface area (Å²) >= 11 is 0. The van der Waals surface area contributed by atoms with E-state index in [1.807, 2.05) is 13.1 Å². The first-order valence-corrected chi connectivity index (χ1v) is 5.96. The lowest BCUT2D eigenvalue weighted by Crippen LogP contribution is -2.28. The van der Waals surface area contributed by atoms with Crippen molar-refractivity contribution in [2.75, 3.05) is 13.7 Å². The van der Waals surface area contributed by atoms with Crippen LogP contribution in [0.1, 0.15) is 16.1 Å². The molecule has 6 nitrogen and oxygen atoms in total. The summed E-state index contributed by atoms with van der Waals surface area (Å²) in [4.78, 5) is 15.9. The predicted molar refractivity (Wildman–Crippen MR) is 70.1 cm³/mol. The van der Waals surface area contributed by atoms with Crippen LogP contribution < -0.4 is 10.1 Å². The first kappa shape index (κ1) is 13.1. The molecule has 2 rings (SSSR count). The Morgan fingerprint density at radius 1 is 1.53 bits per heavy atom. The lowest BCUT2D eigenvalue weighted by molar-refractivity contribution is 0.0946. The first-order chi connectivity index (χ1) is 9.19. The average molecular weight is 260 g/mol. The SMILES string of the molecule is COc1ccnc(C(=O)NCCn2cc(C)cn2)c1. The van der Waals surface area contributed by atoms with Gasteiger partial charge in [0.1, 0.15) is 11.4 Å². The van der Waals surface area contributed by atoms with Gasteiger partial charge < -0.3 is 10.1 Å². The molecular weight excluding hydrogens is 244 g/mol. The van der Waals surface area contributed by atoms with Crippen molar-refractivity contribution in [3.05, 3.63) is 42.0 Å². The number of hydrogen-bond acceptors (Lipinski definition) is 4. The Labute approximate surface area is 111 Å². The van der Waals surface area contributed by atoms with Gasteiger partial charge in [-0.25, -0.2) is 0 Å². The summed E-state index contributed by atoms with van der Waals surface area (Å²) in [7, 11) is 1.55. The van der Waals surface area contributed by atoms with E-state index in [4.69, 9.17) is 4.74 Å². The number of hydrogen-bond donors (Lipinski definition) is 1. The van der Waals surface area contributed by atoms with Crippen LogP contribution in [0.15, 0.2) is 30.7 Å². The van der Waals surface area contributed by atoms with E-state index in [0.29, 0.717) is 24.5 Å². The van der Waals surface area contributed by atoms with Gasteiger partial charge >= 0.3 is 0 Å². The smallest absolute Gasteiger partial charge is 0.270 e. The van der Waals surface area contributed by atoms with Gasteiger partial charge in [-0.1, -0.05) is 0 Å². The molecule has 100 valence electrons. The van der Waals surface area contributed by atoms with Gasteiger partial charge in [-0.2, -0.15) is 5.10 Å². The zero-order chi connectivity index (χ0) is 13.7. The Balaban J connectivity index is 1.87. The number of aryl methyl sites for hydroxylation is 1.